The standard InChI is InChI=1S/C47H27N3O2/c1-2-12-29(13-3-1)45-48-46(37-19-10-18-36-35-17-8-9-20-41(35)51-43(36)37)50-47(49-45)40-26-34(33-22-21-28-11-4-5-14-30(28)23-33)25-39-38-24-31-15-6-7-16-32(31)27-42(38)52-44(39)40/h1-27H. The molecule has 8 aromatic carbocycles. The van der Waals surface area contributed by atoms with E-state index in [0.717, 1.165) is 82.5 Å². The van der Waals surface area contributed by atoms with Crippen LogP contribution >= 0.6 is 0 Å². The second-order valence-electron chi connectivity index (χ2n) is 13.2. The van der Waals surface area contributed by atoms with Gasteiger partial charge in [0.15, 0.2) is 17.5 Å². The molecule has 3 heterocycles. The number of hydrogen-bond donors (Lipinski definition) is 0. The minimum atomic E-state index is 0.521. The van der Waals surface area contributed by atoms with E-state index in [-0.39, 0.29) is 0 Å². The first-order valence-electron chi connectivity index (χ1n) is 17.3. The maximum Gasteiger partial charge on any atom is 0.167 e. The third kappa shape index (κ3) is 4.53. The molecule has 0 amide bonds. The molecule has 5 nitrogen and oxygen atoms in total. The Morgan fingerprint density at radius 1 is 0.308 bits per heavy atom. The molecule has 0 fully saturated rings. The predicted molar refractivity (Wildman–Crippen MR) is 211 cm³/mol. The van der Waals surface area contributed by atoms with E-state index in [1.54, 1.807) is 0 Å². The van der Waals surface area contributed by atoms with Gasteiger partial charge in [-0.1, -0.05) is 121 Å². The molecule has 11 aromatic rings. The molecule has 0 saturated carbocycles. The lowest BCUT2D eigenvalue weighted by atomic mass is 9.96. The molecular formula is C47H27N3O2. The van der Waals surface area contributed by atoms with Gasteiger partial charge >= 0.3 is 0 Å². The van der Waals surface area contributed by atoms with Gasteiger partial charge in [-0.15, -0.1) is 0 Å². The van der Waals surface area contributed by atoms with Gasteiger partial charge in [0.05, 0.1) is 11.1 Å². The second-order valence-corrected chi connectivity index (χ2v) is 13.2. The van der Waals surface area contributed by atoms with Gasteiger partial charge in [0, 0.05) is 27.1 Å². The molecule has 52 heavy (non-hydrogen) atoms. The number of nitrogens with zero attached hydrogens (tertiary/aromatic N) is 3. The lowest BCUT2D eigenvalue weighted by Crippen LogP contribution is -2.00. The zero-order chi connectivity index (χ0) is 34.2. The summed E-state index contributed by atoms with van der Waals surface area (Å²) < 4.78 is 13.3. The van der Waals surface area contributed by atoms with Crippen LogP contribution in [0.5, 0.6) is 0 Å². The normalized spacial score (nSPS) is 11.8. The molecule has 0 radical (unpaired) electrons. The Bertz CT molecular complexity index is 3190. The van der Waals surface area contributed by atoms with Crippen LogP contribution in [0.1, 0.15) is 0 Å². The summed E-state index contributed by atoms with van der Waals surface area (Å²) in [4.78, 5) is 15.5. The zero-order valence-electron chi connectivity index (χ0n) is 27.7. The molecule has 11 rings (SSSR count). The molecule has 0 aliphatic rings. The average molecular weight is 666 g/mol. The van der Waals surface area contributed by atoms with Crippen molar-refractivity contribution in [3.63, 3.8) is 0 Å². The van der Waals surface area contributed by atoms with Gasteiger partial charge in [-0.25, -0.2) is 15.0 Å². The number of hydrogen-bond acceptors (Lipinski definition) is 5. The summed E-state index contributed by atoms with van der Waals surface area (Å²) in [6.45, 7) is 0. The highest BCUT2D eigenvalue weighted by atomic mass is 16.3. The molecule has 0 spiro atoms. The topological polar surface area (TPSA) is 65.0 Å². The Morgan fingerprint density at radius 3 is 1.79 bits per heavy atom. The fourth-order valence-corrected chi connectivity index (χ4v) is 7.52. The van der Waals surface area contributed by atoms with Crippen molar-refractivity contribution in [3.05, 3.63) is 164 Å². The summed E-state index contributed by atoms with van der Waals surface area (Å²) in [6.07, 6.45) is 0. The highest BCUT2D eigenvalue weighted by Gasteiger charge is 2.22. The summed E-state index contributed by atoms with van der Waals surface area (Å²) in [5.74, 6) is 1.62. The van der Waals surface area contributed by atoms with Crippen molar-refractivity contribution in [1.29, 1.82) is 0 Å². The maximum absolute atomic E-state index is 6.79. The van der Waals surface area contributed by atoms with Gasteiger partial charge in [-0.2, -0.15) is 0 Å². The Balaban J connectivity index is 1.22. The van der Waals surface area contributed by atoms with Crippen LogP contribution in [0.15, 0.2) is 173 Å². The van der Waals surface area contributed by atoms with Crippen molar-refractivity contribution in [1.82, 2.24) is 15.0 Å². The minimum absolute atomic E-state index is 0.521. The van der Waals surface area contributed by atoms with Gasteiger partial charge in [-0.05, 0) is 75.1 Å². The number of rotatable bonds is 4. The molecule has 0 aliphatic heterocycles. The number of fused-ring (bicyclic) bond motifs is 8. The molecule has 5 heteroatoms. The van der Waals surface area contributed by atoms with E-state index in [1.807, 2.05) is 60.7 Å². The van der Waals surface area contributed by atoms with E-state index in [4.69, 9.17) is 23.8 Å². The lowest BCUT2D eigenvalue weighted by Gasteiger charge is -2.11. The van der Waals surface area contributed by atoms with Gasteiger partial charge in [0.2, 0.25) is 0 Å². The van der Waals surface area contributed by atoms with Crippen LogP contribution in [0.25, 0.3) is 111 Å². The van der Waals surface area contributed by atoms with Crippen molar-refractivity contribution in [2.24, 2.45) is 0 Å². The summed E-state index contributed by atoms with van der Waals surface area (Å²) in [7, 11) is 0. The second kappa shape index (κ2) is 11.2. The Hall–Kier alpha value is -7.11. The van der Waals surface area contributed by atoms with E-state index in [1.165, 1.54) is 10.8 Å². The summed E-state index contributed by atoms with van der Waals surface area (Å²) >= 11 is 0. The number of aromatic nitrogens is 3. The number of furan rings is 2. The quantitative estimate of drug-likeness (QED) is 0.187. The van der Waals surface area contributed by atoms with Gasteiger partial charge in [0.25, 0.3) is 0 Å². The van der Waals surface area contributed by atoms with E-state index in [9.17, 15) is 0 Å². The number of para-hydroxylation sites is 2. The number of benzene rings is 8. The smallest absolute Gasteiger partial charge is 0.167 e. The Labute approximate surface area is 297 Å². The summed E-state index contributed by atoms with van der Waals surface area (Å²) in [6, 6.07) is 56.5. The summed E-state index contributed by atoms with van der Waals surface area (Å²) in [5, 5.41) is 8.77. The fraction of sp³-hybridized carbons (Fsp3) is 0. The third-order valence-corrected chi connectivity index (χ3v) is 10.1. The fourth-order valence-electron chi connectivity index (χ4n) is 7.52. The highest BCUT2D eigenvalue weighted by Crippen LogP contribution is 2.42. The third-order valence-electron chi connectivity index (χ3n) is 10.1. The molecule has 0 aliphatic carbocycles. The van der Waals surface area contributed by atoms with Crippen LogP contribution in [0, 0.1) is 0 Å². The van der Waals surface area contributed by atoms with Crippen molar-refractivity contribution < 1.29 is 8.83 Å². The van der Waals surface area contributed by atoms with Crippen molar-refractivity contribution >= 4 is 65.4 Å². The highest BCUT2D eigenvalue weighted by molar-refractivity contribution is 6.14. The maximum atomic E-state index is 6.79. The first-order valence-corrected chi connectivity index (χ1v) is 17.3. The molecule has 0 atom stereocenters. The first kappa shape index (κ1) is 28.7. The monoisotopic (exact) mass is 665 g/mol. The largest absolute Gasteiger partial charge is 0.455 e. The predicted octanol–water partition coefficient (Wildman–Crippen LogP) is 12.6. The molecule has 3 aromatic heterocycles. The van der Waals surface area contributed by atoms with Crippen LogP contribution in [-0.4, -0.2) is 15.0 Å². The van der Waals surface area contributed by atoms with E-state index >= 15 is 0 Å². The van der Waals surface area contributed by atoms with Crippen LogP contribution in [0.3, 0.4) is 0 Å². The molecule has 242 valence electrons. The van der Waals surface area contributed by atoms with Crippen LogP contribution in [0.4, 0.5) is 0 Å². The zero-order valence-corrected chi connectivity index (χ0v) is 27.7. The molecule has 0 unspecified atom stereocenters. The minimum Gasteiger partial charge on any atom is -0.455 e. The molecule has 0 N–H and O–H groups in total. The molecular weight excluding hydrogens is 639 g/mol. The van der Waals surface area contributed by atoms with Gasteiger partial charge in [0.1, 0.15) is 22.3 Å². The van der Waals surface area contributed by atoms with Crippen LogP contribution in [-0.2, 0) is 0 Å². The van der Waals surface area contributed by atoms with Crippen LogP contribution in [0.2, 0.25) is 0 Å². The van der Waals surface area contributed by atoms with E-state index < -0.39 is 0 Å². The molecule has 0 saturated heterocycles. The average Bonchev–Trinajstić information content (AvgIpc) is 3.77. The van der Waals surface area contributed by atoms with Gasteiger partial charge in [-0.3, -0.25) is 0 Å². The Kier molecular flexibility index (Phi) is 6.18. The molecule has 0 bridgehead atoms. The summed E-state index contributed by atoms with van der Waals surface area (Å²) in [5.41, 5.74) is 7.73. The SMILES string of the molecule is c1ccc(-c2nc(-c3cccc4c3oc3ccccc34)nc(-c3cc(-c4ccc5ccccc5c4)cc4c3oc3cc5ccccc5cc34)n2)cc1. The van der Waals surface area contributed by atoms with E-state index in [2.05, 4.69) is 103 Å². The van der Waals surface area contributed by atoms with Crippen molar-refractivity contribution in [3.8, 4) is 45.3 Å². The lowest BCUT2D eigenvalue weighted by molar-refractivity contribution is 0.669. The van der Waals surface area contributed by atoms with Crippen molar-refractivity contribution in [2.45, 2.75) is 0 Å². The Morgan fingerprint density at radius 2 is 0.942 bits per heavy atom. The first-order chi connectivity index (χ1) is 25.7. The van der Waals surface area contributed by atoms with Crippen molar-refractivity contribution in [2.75, 3.05) is 0 Å². The van der Waals surface area contributed by atoms with E-state index in [0.29, 0.717) is 17.5 Å². The van der Waals surface area contributed by atoms with Gasteiger partial charge < -0.3 is 8.83 Å². The van der Waals surface area contributed by atoms with Crippen LogP contribution < -0.4 is 0 Å².